The fourth-order valence-electron chi connectivity index (χ4n) is 8.20. The van der Waals surface area contributed by atoms with Crippen molar-refractivity contribution >= 4 is 17.8 Å². The number of cyclic esters (lactones) is 1. The zero-order valence-electron chi connectivity index (χ0n) is 31.2. The Morgan fingerprint density at radius 1 is 1.04 bits per heavy atom. The molecule has 0 bridgehead atoms. The highest BCUT2D eigenvalue weighted by Crippen LogP contribution is 2.41. The fraction of sp³-hybridized carbons (Fsp3) is 0.744. The molecule has 0 aliphatic carbocycles. The second-order valence-electron chi connectivity index (χ2n) is 15.3. The van der Waals surface area contributed by atoms with Crippen LogP contribution in [0.15, 0.2) is 36.4 Å². The molecule has 0 aromatic heterocycles. The minimum Gasteiger partial charge on any atom is -0.459 e. The number of nitrogens with zero attached hydrogens (tertiary/aromatic N) is 1. The van der Waals surface area contributed by atoms with Gasteiger partial charge in [0.1, 0.15) is 23.7 Å². The summed E-state index contributed by atoms with van der Waals surface area (Å²) in [5.41, 5.74) is -1.26. The first kappa shape index (κ1) is 40.3. The third kappa shape index (κ3) is 9.55. The number of hydrogen-bond acceptors (Lipinski definition) is 9. The number of benzene rings is 1. The van der Waals surface area contributed by atoms with Crippen LogP contribution in [0.4, 0.5) is 0 Å². The lowest BCUT2D eigenvalue weighted by atomic mass is 9.70. The summed E-state index contributed by atoms with van der Waals surface area (Å²) in [4.78, 5) is 29.7. The maximum Gasteiger partial charge on any atom is 0.316 e. The molecule has 3 rings (SSSR count). The molecule has 0 saturated carbocycles. The molecule has 2 aliphatic heterocycles. The number of Topliss-reactive ketones (excluding diaryl/α,β-unsaturated/α-hetero) is 1. The van der Waals surface area contributed by atoms with Gasteiger partial charge in [-0.25, -0.2) is 0 Å². The lowest BCUT2D eigenvalue weighted by Crippen LogP contribution is -2.59. The molecule has 1 aromatic rings. The molecule has 2 fully saturated rings. The Bertz CT molecular complexity index is 1200. The summed E-state index contributed by atoms with van der Waals surface area (Å²) in [6, 6.07) is 9.83. The molecule has 0 radical (unpaired) electrons. The van der Waals surface area contributed by atoms with E-state index in [9.17, 15) is 19.8 Å². The normalized spacial score (nSPS) is 40.9. The standard InChI is InChI=1S/C39H63NO8/c1-12-32-39(8,44)30(20-16-19-29-17-14-13-15-18-29)25(3)21-24(2)23-38(7,45-11)35(27(5)33(41)28(6)36(43)47-32)48-37-34(42)31(40(9)10)22-26(4)46-37/h13-19,24-28,30-32,34-35,37,42,44H,12,20-23H2,1-11H3/b19-16+/t24-,25?,26+,27+,28?,30-,31-,32+,34+,35+,37-,38+,39-/m0/s1. The monoisotopic (exact) mass is 673 g/mol. The smallest absolute Gasteiger partial charge is 0.316 e. The quantitative estimate of drug-likeness (QED) is 0.257. The van der Waals surface area contributed by atoms with Gasteiger partial charge in [0.15, 0.2) is 12.1 Å². The summed E-state index contributed by atoms with van der Waals surface area (Å²) in [5.74, 6) is -3.06. The van der Waals surface area contributed by atoms with Crippen molar-refractivity contribution in [3.63, 3.8) is 0 Å². The van der Waals surface area contributed by atoms with Crippen LogP contribution < -0.4 is 0 Å². The van der Waals surface area contributed by atoms with E-state index in [2.05, 4.69) is 26.0 Å². The van der Waals surface area contributed by atoms with Crippen molar-refractivity contribution in [3.8, 4) is 0 Å². The molecule has 0 amide bonds. The summed E-state index contributed by atoms with van der Waals surface area (Å²) in [5, 5.41) is 23.5. The largest absolute Gasteiger partial charge is 0.459 e. The van der Waals surface area contributed by atoms with Crippen molar-refractivity contribution in [3.05, 3.63) is 42.0 Å². The number of aliphatic hydroxyl groups excluding tert-OH is 1. The molecule has 9 heteroatoms. The maximum absolute atomic E-state index is 14.1. The Hall–Kier alpha value is -2.14. The first-order chi connectivity index (χ1) is 22.5. The molecule has 1 aromatic carbocycles. The molecule has 2 aliphatic rings. The second kappa shape index (κ2) is 17.2. The first-order valence-electron chi connectivity index (χ1n) is 17.8. The van der Waals surface area contributed by atoms with Crippen molar-refractivity contribution in [1.82, 2.24) is 4.90 Å². The highest BCUT2D eigenvalue weighted by molar-refractivity contribution is 6.00. The number of esters is 1. The van der Waals surface area contributed by atoms with E-state index >= 15 is 0 Å². The summed E-state index contributed by atoms with van der Waals surface area (Å²) < 4.78 is 25.0. The number of carbonyl (C=O) groups excluding carboxylic acids is 2. The Morgan fingerprint density at radius 2 is 1.69 bits per heavy atom. The topological polar surface area (TPSA) is 115 Å². The average molecular weight is 674 g/mol. The van der Waals surface area contributed by atoms with E-state index in [1.165, 1.54) is 0 Å². The summed E-state index contributed by atoms with van der Waals surface area (Å²) >= 11 is 0. The Labute approximate surface area is 289 Å². The van der Waals surface area contributed by atoms with Crippen molar-refractivity contribution in [2.45, 2.75) is 135 Å². The van der Waals surface area contributed by atoms with Crippen molar-refractivity contribution < 1.29 is 38.7 Å². The van der Waals surface area contributed by atoms with Crippen LogP contribution in [-0.4, -0.2) is 96.0 Å². The van der Waals surface area contributed by atoms with Gasteiger partial charge in [0.05, 0.1) is 17.8 Å². The molecule has 13 atom stereocenters. The first-order valence-corrected chi connectivity index (χ1v) is 17.8. The number of allylic oxidation sites excluding steroid dienone is 1. The highest BCUT2D eigenvalue weighted by atomic mass is 16.7. The van der Waals surface area contributed by atoms with E-state index in [1.807, 2.05) is 70.1 Å². The van der Waals surface area contributed by atoms with Gasteiger partial charge in [0, 0.05) is 19.1 Å². The van der Waals surface area contributed by atoms with Crippen molar-refractivity contribution in [2.24, 2.45) is 29.6 Å². The zero-order valence-corrected chi connectivity index (χ0v) is 31.2. The van der Waals surface area contributed by atoms with Crippen LogP contribution in [0, 0.1) is 29.6 Å². The number of ether oxygens (including phenoxy) is 4. The van der Waals surface area contributed by atoms with E-state index < -0.39 is 53.6 Å². The number of likely N-dealkylation sites (N-methyl/N-ethyl adjacent to an activating group) is 1. The van der Waals surface area contributed by atoms with Gasteiger partial charge >= 0.3 is 5.97 Å². The molecule has 272 valence electrons. The van der Waals surface area contributed by atoms with Gasteiger partial charge in [-0.05, 0) is 97.2 Å². The number of methoxy groups -OCH3 is 1. The van der Waals surface area contributed by atoms with E-state index in [-0.39, 0.29) is 35.7 Å². The molecule has 2 heterocycles. The van der Waals surface area contributed by atoms with Crippen LogP contribution in [0.1, 0.15) is 93.1 Å². The SMILES string of the molecule is CC[C@H]1OC(=O)C(C)C(=O)[C@@H](C)[C@@H](O[C@@H]2O[C@H](C)C[C@H](N(C)C)[C@H]2O)[C@](C)(OC)C[C@@H](C)CC(C)[C@H](C/C=C/c2ccccc2)[C@]1(C)O. The van der Waals surface area contributed by atoms with Crippen molar-refractivity contribution in [1.29, 1.82) is 0 Å². The molecule has 0 spiro atoms. The minimum absolute atomic E-state index is 0.0354. The van der Waals surface area contributed by atoms with Gasteiger partial charge in [-0.3, -0.25) is 9.59 Å². The van der Waals surface area contributed by atoms with Gasteiger partial charge in [-0.2, -0.15) is 0 Å². The zero-order chi connectivity index (χ0) is 36.0. The van der Waals surface area contributed by atoms with Crippen LogP contribution in [0.5, 0.6) is 0 Å². The molecular formula is C39H63NO8. The Morgan fingerprint density at radius 3 is 2.27 bits per heavy atom. The molecule has 2 N–H and O–H groups in total. The van der Waals surface area contributed by atoms with Crippen LogP contribution in [0.25, 0.3) is 6.08 Å². The van der Waals surface area contributed by atoms with Crippen LogP contribution in [0.2, 0.25) is 0 Å². The van der Waals surface area contributed by atoms with E-state index in [4.69, 9.17) is 18.9 Å². The molecular weight excluding hydrogens is 610 g/mol. The lowest BCUT2D eigenvalue weighted by Gasteiger charge is -2.47. The van der Waals surface area contributed by atoms with E-state index in [0.29, 0.717) is 25.7 Å². The maximum atomic E-state index is 14.1. The van der Waals surface area contributed by atoms with Gasteiger partial charge < -0.3 is 34.1 Å². The number of ketones is 1. The summed E-state index contributed by atoms with van der Waals surface area (Å²) in [6.07, 6.45) is 3.26. The van der Waals surface area contributed by atoms with Gasteiger partial charge in [-0.15, -0.1) is 0 Å². The highest BCUT2D eigenvalue weighted by Gasteiger charge is 2.50. The summed E-state index contributed by atoms with van der Waals surface area (Å²) in [6.45, 7) is 15.1. The Kier molecular flexibility index (Phi) is 14.4. The lowest BCUT2D eigenvalue weighted by molar-refractivity contribution is -0.295. The number of aliphatic hydroxyl groups is 2. The molecule has 48 heavy (non-hydrogen) atoms. The average Bonchev–Trinajstić information content (AvgIpc) is 3.03. The van der Waals surface area contributed by atoms with Crippen LogP contribution in [0.3, 0.4) is 0 Å². The van der Waals surface area contributed by atoms with Crippen molar-refractivity contribution in [2.75, 3.05) is 21.2 Å². The fourth-order valence-corrected chi connectivity index (χ4v) is 8.20. The van der Waals surface area contributed by atoms with Gasteiger partial charge in [0.25, 0.3) is 0 Å². The Balaban J connectivity index is 2.03. The number of carbonyl (C=O) groups is 2. The third-order valence-corrected chi connectivity index (χ3v) is 11.1. The van der Waals surface area contributed by atoms with Gasteiger partial charge in [-0.1, -0.05) is 70.2 Å². The van der Waals surface area contributed by atoms with Gasteiger partial charge in [0.2, 0.25) is 0 Å². The van der Waals surface area contributed by atoms with E-state index in [1.54, 1.807) is 27.9 Å². The van der Waals surface area contributed by atoms with Crippen LogP contribution >= 0.6 is 0 Å². The molecule has 9 nitrogen and oxygen atoms in total. The molecule has 2 saturated heterocycles. The third-order valence-electron chi connectivity index (χ3n) is 11.1. The molecule has 2 unspecified atom stereocenters. The predicted octanol–water partition coefficient (Wildman–Crippen LogP) is 5.90. The number of hydrogen-bond donors (Lipinski definition) is 2. The summed E-state index contributed by atoms with van der Waals surface area (Å²) in [7, 11) is 5.44. The predicted molar refractivity (Wildman–Crippen MR) is 188 cm³/mol. The van der Waals surface area contributed by atoms with E-state index in [0.717, 1.165) is 12.0 Å². The minimum atomic E-state index is -1.35. The number of rotatable bonds is 8. The van der Waals surface area contributed by atoms with Crippen LogP contribution in [-0.2, 0) is 28.5 Å². The second-order valence-corrected chi connectivity index (χ2v) is 15.3.